The molecular formula is C18H22N4O2. The Kier molecular flexibility index (Phi) is 4.93. The minimum Gasteiger partial charge on any atom is -0.492 e. The van der Waals surface area contributed by atoms with E-state index in [1.165, 1.54) is 0 Å². The lowest BCUT2D eigenvalue weighted by Gasteiger charge is -2.19. The van der Waals surface area contributed by atoms with Crippen molar-refractivity contribution in [3.8, 4) is 11.8 Å². The number of aryl methyl sites for hydroxylation is 2. The zero-order valence-corrected chi connectivity index (χ0v) is 14.7. The Morgan fingerprint density at radius 3 is 2.67 bits per heavy atom. The average molecular weight is 326 g/mol. The molecular weight excluding hydrogens is 304 g/mol. The number of aromatic nitrogens is 2. The summed E-state index contributed by atoms with van der Waals surface area (Å²) in [4.78, 5) is 12.3. The lowest BCUT2D eigenvalue weighted by atomic mass is 9.98. The van der Waals surface area contributed by atoms with Crippen molar-refractivity contribution >= 4 is 11.6 Å². The third kappa shape index (κ3) is 4.35. The van der Waals surface area contributed by atoms with Gasteiger partial charge >= 0.3 is 0 Å². The molecule has 0 fully saturated rings. The van der Waals surface area contributed by atoms with Crippen molar-refractivity contribution in [1.29, 1.82) is 5.26 Å². The van der Waals surface area contributed by atoms with E-state index < -0.39 is 0 Å². The number of nitrogens with zero attached hydrogens (tertiary/aromatic N) is 3. The van der Waals surface area contributed by atoms with Gasteiger partial charge in [0, 0.05) is 18.9 Å². The SMILES string of the molecule is Cc1nn(C)cc1C(=O)Nc1ccc(OCC(C)(C)C)c(C#N)c1. The Morgan fingerprint density at radius 1 is 1.42 bits per heavy atom. The molecule has 1 amide bonds. The van der Waals surface area contributed by atoms with Crippen molar-refractivity contribution in [2.75, 3.05) is 11.9 Å². The number of nitriles is 1. The minimum absolute atomic E-state index is 0.00253. The molecule has 2 aromatic rings. The fourth-order valence-electron chi connectivity index (χ4n) is 2.14. The minimum atomic E-state index is -0.257. The van der Waals surface area contributed by atoms with E-state index in [9.17, 15) is 10.1 Å². The van der Waals surface area contributed by atoms with E-state index in [2.05, 4.69) is 37.3 Å². The number of anilines is 1. The van der Waals surface area contributed by atoms with Gasteiger partial charge in [0.05, 0.1) is 23.4 Å². The van der Waals surface area contributed by atoms with Gasteiger partial charge in [0.2, 0.25) is 0 Å². The lowest BCUT2D eigenvalue weighted by Crippen LogP contribution is -2.17. The zero-order valence-electron chi connectivity index (χ0n) is 14.7. The van der Waals surface area contributed by atoms with Crippen molar-refractivity contribution in [3.63, 3.8) is 0 Å². The Bertz CT molecular complexity index is 794. The van der Waals surface area contributed by atoms with Crippen LogP contribution >= 0.6 is 0 Å². The van der Waals surface area contributed by atoms with Gasteiger partial charge in [-0.25, -0.2) is 0 Å². The van der Waals surface area contributed by atoms with E-state index in [-0.39, 0.29) is 11.3 Å². The summed E-state index contributed by atoms with van der Waals surface area (Å²) in [7, 11) is 1.76. The molecule has 126 valence electrons. The van der Waals surface area contributed by atoms with Crippen molar-refractivity contribution < 1.29 is 9.53 Å². The normalized spacial score (nSPS) is 11.0. The van der Waals surface area contributed by atoms with Gasteiger partial charge in [-0.3, -0.25) is 9.48 Å². The third-order valence-electron chi connectivity index (χ3n) is 3.28. The fourth-order valence-corrected chi connectivity index (χ4v) is 2.14. The predicted octanol–water partition coefficient (Wildman–Crippen LogP) is 3.28. The van der Waals surface area contributed by atoms with E-state index in [1.807, 2.05) is 0 Å². The Morgan fingerprint density at radius 2 is 2.12 bits per heavy atom. The van der Waals surface area contributed by atoms with Crippen molar-refractivity contribution in [1.82, 2.24) is 9.78 Å². The molecule has 0 spiro atoms. The molecule has 0 saturated carbocycles. The lowest BCUT2D eigenvalue weighted by molar-refractivity contribution is 0.102. The highest BCUT2D eigenvalue weighted by Gasteiger charge is 2.15. The van der Waals surface area contributed by atoms with E-state index in [1.54, 1.807) is 43.0 Å². The molecule has 0 saturated heterocycles. The van der Waals surface area contributed by atoms with Gasteiger partial charge in [-0.05, 0) is 30.5 Å². The van der Waals surface area contributed by atoms with E-state index in [0.29, 0.717) is 34.9 Å². The first-order valence-corrected chi connectivity index (χ1v) is 7.68. The monoisotopic (exact) mass is 326 g/mol. The average Bonchev–Trinajstić information content (AvgIpc) is 2.83. The standard InChI is InChI=1S/C18H22N4O2/c1-12-15(10-22(5)21-12)17(23)20-14-6-7-16(13(8-14)9-19)24-11-18(2,3)4/h6-8,10H,11H2,1-5H3,(H,20,23). The zero-order chi connectivity index (χ0) is 17.9. The molecule has 0 aliphatic rings. The van der Waals surface area contributed by atoms with E-state index in [0.717, 1.165) is 0 Å². The maximum atomic E-state index is 12.3. The Labute approximate surface area is 142 Å². The summed E-state index contributed by atoms with van der Waals surface area (Å²) < 4.78 is 7.30. The van der Waals surface area contributed by atoms with Gasteiger partial charge in [0.1, 0.15) is 11.8 Å². The number of amides is 1. The topological polar surface area (TPSA) is 79.9 Å². The maximum absolute atomic E-state index is 12.3. The summed E-state index contributed by atoms with van der Waals surface area (Å²) in [6, 6.07) is 7.15. The van der Waals surface area contributed by atoms with Crippen LogP contribution in [0.1, 0.15) is 42.4 Å². The summed E-state index contributed by atoms with van der Waals surface area (Å²) >= 11 is 0. The fraction of sp³-hybridized carbons (Fsp3) is 0.389. The van der Waals surface area contributed by atoms with Gasteiger partial charge in [-0.15, -0.1) is 0 Å². The Hall–Kier alpha value is -2.81. The second-order valence-corrected chi connectivity index (χ2v) is 6.93. The molecule has 1 N–H and O–H groups in total. The van der Waals surface area contributed by atoms with Gasteiger partial charge in [-0.2, -0.15) is 10.4 Å². The molecule has 0 bridgehead atoms. The third-order valence-corrected chi connectivity index (χ3v) is 3.28. The van der Waals surface area contributed by atoms with Crippen LogP contribution in [0.2, 0.25) is 0 Å². The summed E-state index contributed by atoms with van der Waals surface area (Å²) in [6.07, 6.45) is 1.66. The number of nitrogens with one attached hydrogen (secondary N) is 1. The maximum Gasteiger partial charge on any atom is 0.259 e. The van der Waals surface area contributed by atoms with Gasteiger partial charge in [-0.1, -0.05) is 20.8 Å². The summed E-state index contributed by atoms with van der Waals surface area (Å²) in [6.45, 7) is 8.46. The van der Waals surface area contributed by atoms with Crippen molar-refractivity contribution in [3.05, 3.63) is 41.2 Å². The highest BCUT2D eigenvalue weighted by Crippen LogP contribution is 2.25. The van der Waals surface area contributed by atoms with Crippen LogP contribution in [0.4, 0.5) is 5.69 Å². The highest BCUT2D eigenvalue weighted by atomic mass is 16.5. The molecule has 1 aromatic carbocycles. The largest absolute Gasteiger partial charge is 0.492 e. The van der Waals surface area contributed by atoms with Crippen molar-refractivity contribution in [2.24, 2.45) is 12.5 Å². The van der Waals surface area contributed by atoms with Crippen LogP contribution in [0.25, 0.3) is 0 Å². The molecule has 0 radical (unpaired) electrons. The van der Waals surface area contributed by atoms with Crippen LogP contribution in [0.15, 0.2) is 24.4 Å². The van der Waals surface area contributed by atoms with Gasteiger partial charge in [0.25, 0.3) is 5.91 Å². The van der Waals surface area contributed by atoms with E-state index in [4.69, 9.17) is 4.74 Å². The molecule has 6 heteroatoms. The second-order valence-electron chi connectivity index (χ2n) is 6.93. The first-order valence-electron chi connectivity index (χ1n) is 7.68. The second kappa shape index (κ2) is 6.75. The molecule has 0 aliphatic heterocycles. The molecule has 24 heavy (non-hydrogen) atoms. The van der Waals surface area contributed by atoms with Crippen LogP contribution < -0.4 is 10.1 Å². The summed E-state index contributed by atoms with van der Waals surface area (Å²) in [5, 5.41) is 16.3. The summed E-state index contributed by atoms with van der Waals surface area (Å²) in [5.41, 5.74) is 2.09. The first-order chi connectivity index (χ1) is 11.2. The number of rotatable bonds is 4. The predicted molar refractivity (Wildman–Crippen MR) is 92.0 cm³/mol. The number of hydrogen-bond acceptors (Lipinski definition) is 4. The number of hydrogen-bond donors (Lipinski definition) is 1. The number of ether oxygens (including phenoxy) is 1. The number of carbonyl (C=O) groups excluding carboxylic acids is 1. The van der Waals surface area contributed by atoms with E-state index >= 15 is 0 Å². The quantitative estimate of drug-likeness (QED) is 0.935. The molecule has 1 aromatic heterocycles. The van der Waals surface area contributed by atoms with Crippen LogP contribution in [0, 0.1) is 23.7 Å². The van der Waals surface area contributed by atoms with Crippen LogP contribution in [0.3, 0.4) is 0 Å². The molecule has 2 rings (SSSR count). The molecule has 1 heterocycles. The number of carbonyl (C=O) groups is 1. The molecule has 0 atom stereocenters. The smallest absolute Gasteiger partial charge is 0.259 e. The molecule has 0 aliphatic carbocycles. The molecule has 0 unspecified atom stereocenters. The highest BCUT2D eigenvalue weighted by molar-refractivity contribution is 6.05. The van der Waals surface area contributed by atoms with Gasteiger partial charge in [0.15, 0.2) is 0 Å². The Balaban J connectivity index is 2.16. The molecule has 6 nitrogen and oxygen atoms in total. The van der Waals surface area contributed by atoms with Crippen LogP contribution in [-0.4, -0.2) is 22.3 Å². The first kappa shape index (κ1) is 17.5. The summed E-state index contributed by atoms with van der Waals surface area (Å²) in [5.74, 6) is 0.260. The van der Waals surface area contributed by atoms with Gasteiger partial charge < -0.3 is 10.1 Å². The van der Waals surface area contributed by atoms with Crippen molar-refractivity contribution in [2.45, 2.75) is 27.7 Å². The van der Waals surface area contributed by atoms with Crippen LogP contribution in [-0.2, 0) is 7.05 Å². The number of benzene rings is 1. The van der Waals surface area contributed by atoms with Crippen LogP contribution in [0.5, 0.6) is 5.75 Å².